The summed E-state index contributed by atoms with van der Waals surface area (Å²) in [6.07, 6.45) is 0.942. The van der Waals surface area contributed by atoms with E-state index in [2.05, 4.69) is 11.4 Å². The average Bonchev–Trinajstić information content (AvgIpc) is 2.55. The molecule has 0 aromatic carbocycles. The summed E-state index contributed by atoms with van der Waals surface area (Å²) in [7, 11) is 0. The minimum atomic E-state index is -0.732. The van der Waals surface area contributed by atoms with Crippen LogP contribution in [0.15, 0.2) is 0 Å². The van der Waals surface area contributed by atoms with Gasteiger partial charge in [0.1, 0.15) is 5.54 Å². The molecule has 1 aliphatic heterocycles. The Balaban J connectivity index is 2.45. The van der Waals surface area contributed by atoms with E-state index in [-0.39, 0.29) is 11.8 Å². The molecule has 0 radical (unpaired) electrons. The molecule has 1 atom stereocenters. The number of hydrogen-bond donors (Lipinski definition) is 1. The summed E-state index contributed by atoms with van der Waals surface area (Å²) in [5.74, 6) is 2.09. The maximum atomic E-state index is 11.5. The van der Waals surface area contributed by atoms with Crippen molar-refractivity contribution >= 4 is 17.7 Å². The summed E-state index contributed by atoms with van der Waals surface area (Å²) in [6.45, 7) is 3.43. The summed E-state index contributed by atoms with van der Waals surface area (Å²) >= 11 is 1.80. The van der Waals surface area contributed by atoms with E-state index >= 15 is 0 Å². The Labute approximate surface area is 82.9 Å². The van der Waals surface area contributed by atoms with Crippen LogP contribution >= 0.6 is 11.8 Å². The highest BCUT2D eigenvalue weighted by Crippen LogP contribution is 2.23. The zero-order valence-corrected chi connectivity index (χ0v) is 8.78. The summed E-state index contributed by atoms with van der Waals surface area (Å²) in [6, 6.07) is 2.06. The highest BCUT2D eigenvalue weighted by Gasteiger charge is 2.27. The summed E-state index contributed by atoms with van der Waals surface area (Å²) in [4.78, 5) is 11.5. The maximum absolute atomic E-state index is 11.5. The van der Waals surface area contributed by atoms with Crippen LogP contribution in [0, 0.1) is 17.2 Å². The monoisotopic (exact) mass is 198 g/mol. The first kappa shape index (κ1) is 10.4. The molecule has 13 heavy (non-hydrogen) atoms. The van der Waals surface area contributed by atoms with Gasteiger partial charge in [-0.25, -0.2) is 0 Å². The lowest BCUT2D eigenvalue weighted by Crippen LogP contribution is -2.45. The third kappa shape index (κ3) is 2.92. The van der Waals surface area contributed by atoms with Gasteiger partial charge in [-0.1, -0.05) is 0 Å². The Morgan fingerprint density at radius 3 is 2.85 bits per heavy atom. The van der Waals surface area contributed by atoms with Crippen molar-refractivity contribution in [3.05, 3.63) is 0 Å². The summed E-state index contributed by atoms with van der Waals surface area (Å²) in [5, 5.41) is 11.5. The number of rotatable bonds is 2. The van der Waals surface area contributed by atoms with Crippen LogP contribution in [0.3, 0.4) is 0 Å². The lowest BCUT2D eigenvalue weighted by Gasteiger charge is -2.19. The van der Waals surface area contributed by atoms with Gasteiger partial charge in [-0.15, -0.1) is 0 Å². The number of carbonyl (C=O) groups excluding carboxylic acids is 1. The fourth-order valence-corrected chi connectivity index (χ4v) is 2.40. The van der Waals surface area contributed by atoms with E-state index in [0.717, 1.165) is 17.9 Å². The molecule has 1 N–H and O–H groups in total. The van der Waals surface area contributed by atoms with Gasteiger partial charge in [-0.3, -0.25) is 4.79 Å². The Kier molecular flexibility index (Phi) is 3.21. The van der Waals surface area contributed by atoms with Gasteiger partial charge in [-0.05, 0) is 26.0 Å². The van der Waals surface area contributed by atoms with E-state index < -0.39 is 5.54 Å². The van der Waals surface area contributed by atoms with Gasteiger partial charge in [0.2, 0.25) is 5.91 Å². The van der Waals surface area contributed by atoms with E-state index in [4.69, 9.17) is 5.26 Å². The molecule has 0 saturated carbocycles. The number of nitrogens with one attached hydrogen (secondary N) is 1. The van der Waals surface area contributed by atoms with E-state index in [1.165, 1.54) is 0 Å². The van der Waals surface area contributed by atoms with Crippen LogP contribution in [0.5, 0.6) is 0 Å². The second-order valence-corrected chi connectivity index (χ2v) is 4.94. The molecule has 1 rings (SSSR count). The topological polar surface area (TPSA) is 52.9 Å². The van der Waals surface area contributed by atoms with Crippen molar-refractivity contribution in [2.75, 3.05) is 11.5 Å². The van der Waals surface area contributed by atoms with E-state index in [0.29, 0.717) is 0 Å². The quantitative estimate of drug-likeness (QED) is 0.724. The Bertz CT molecular complexity index is 238. The minimum absolute atomic E-state index is 0.0246. The molecule has 3 nitrogen and oxygen atoms in total. The first-order chi connectivity index (χ1) is 6.05. The molecule has 1 fully saturated rings. The zero-order valence-electron chi connectivity index (χ0n) is 7.96. The molecular weight excluding hydrogens is 184 g/mol. The van der Waals surface area contributed by atoms with Gasteiger partial charge >= 0.3 is 0 Å². The molecule has 1 amide bonds. The van der Waals surface area contributed by atoms with E-state index in [1.54, 1.807) is 25.6 Å². The third-order valence-electron chi connectivity index (χ3n) is 2.02. The first-order valence-electron chi connectivity index (χ1n) is 4.36. The largest absolute Gasteiger partial charge is 0.338 e. The Morgan fingerprint density at radius 2 is 2.38 bits per heavy atom. The number of amides is 1. The highest BCUT2D eigenvalue weighted by atomic mass is 32.2. The van der Waals surface area contributed by atoms with Crippen LogP contribution in [0.25, 0.3) is 0 Å². The van der Waals surface area contributed by atoms with Crippen molar-refractivity contribution in [2.45, 2.75) is 25.8 Å². The molecular formula is C9H14N2OS. The molecule has 1 aliphatic rings. The molecule has 0 aromatic heterocycles. The van der Waals surface area contributed by atoms with Crippen molar-refractivity contribution in [3.63, 3.8) is 0 Å². The van der Waals surface area contributed by atoms with E-state index in [9.17, 15) is 4.79 Å². The van der Waals surface area contributed by atoms with Gasteiger partial charge in [0, 0.05) is 11.7 Å². The molecule has 1 heterocycles. The van der Waals surface area contributed by atoms with Crippen molar-refractivity contribution in [1.82, 2.24) is 5.32 Å². The molecule has 4 heteroatoms. The predicted molar refractivity (Wildman–Crippen MR) is 53.3 cm³/mol. The van der Waals surface area contributed by atoms with E-state index in [1.807, 2.05) is 0 Å². The SMILES string of the molecule is CC(C)(C#N)NC(=O)C1CCSC1. The number of nitrogens with zero attached hydrogens (tertiary/aromatic N) is 1. The molecule has 1 saturated heterocycles. The fraction of sp³-hybridized carbons (Fsp3) is 0.778. The van der Waals surface area contributed by atoms with Crippen molar-refractivity contribution < 1.29 is 4.79 Å². The van der Waals surface area contributed by atoms with Crippen LogP contribution in [-0.2, 0) is 4.79 Å². The van der Waals surface area contributed by atoms with Gasteiger partial charge in [0.05, 0.1) is 6.07 Å². The van der Waals surface area contributed by atoms with Crippen LogP contribution in [0.1, 0.15) is 20.3 Å². The van der Waals surface area contributed by atoms with Gasteiger partial charge in [0.25, 0.3) is 0 Å². The summed E-state index contributed by atoms with van der Waals surface area (Å²) in [5.41, 5.74) is -0.732. The van der Waals surface area contributed by atoms with Crippen LogP contribution in [0.2, 0.25) is 0 Å². The summed E-state index contributed by atoms with van der Waals surface area (Å²) < 4.78 is 0. The Hall–Kier alpha value is -0.690. The van der Waals surface area contributed by atoms with Crippen molar-refractivity contribution in [3.8, 4) is 6.07 Å². The predicted octanol–water partition coefficient (Wildman–Crippen LogP) is 1.16. The average molecular weight is 198 g/mol. The van der Waals surface area contributed by atoms with Crippen molar-refractivity contribution in [1.29, 1.82) is 5.26 Å². The molecule has 0 aromatic rings. The maximum Gasteiger partial charge on any atom is 0.225 e. The standard InChI is InChI=1S/C9H14N2OS/c1-9(2,6-10)11-8(12)7-3-4-13-5-7/h7H,3-5H2,1-2H3,(H,11,12). The smallest absolute Gasteiger partial charge is 0.225 e. The molecule has 72 valence electrons. The van der Waals surface area contributed by atoms with Crippen LogP contribution in [-0.4, -0.2) is 23.0 Å². The van der Waals surface area contributed by atoms with Crippen LogP contribution < -0.4 is 5.32 Å². The number of thioether (sulfide) groups is 1. The number of hydrogen-bond acceptors (Lipinski definition) is 3. The number of carbonyl (C=O) groups is 1. The normalized spacial score (nSPS) is 22.4. The second kappa shape index (κ2) is 4.01. The highest BCUT2D eigenvalue weighted by molar-refractivity contribution is 7.99. The van der Waals surface area contributed by atoms with Crippen molar-refractivity contribution in [2.24, 2.45) is 5.92 Å². The number of nitriles is 1. The molecule has 0 aliphatic carbocycles. The van der Waals surface area contributed by atoms with Gasteiger partial charge in [-0.2, -0.15) is 17.0 Å². The van der Waals surface area contributed by atoms with Gasteiger partial charge < -0.3 is 5.32 Å². The Morgan fingerprint density at radius 1 is 1.69 bits per heavy atom. The lowest BCUT2D eigenvalue weighted by atomic mass is 10.0. The zero-order chi connectivity index (χ0) is 9.90. The lowest BCUT2D eigenvalue weighted by molar-refractivity contribution is -0.125. The molecule has 0 bridgehead atoms. The first-order valence-corrected chi connectivity index (χ1v) is 5.51. The molecule has 0 spiro atoms. The minimum Gasteiger partial charge on any atom is -0.338 e. The molecule has 1 unspecified atom stereocenters. The van der Waals surface area contributed by atoms with Gasteiger partial charge in [0.15, 0.2) is 0 Å². The fourth-order valence-electron chi connectivity index (χ4n) is 1.18. The van der Waals surface area contributed by atoms with Crippen LogP contribution in [0.4, 0.5) is 0 Å². The second-order valence-electron chi connectivity index (χ2n) is 3.79. The third-order valence-corrected chi connectivity index (χ3v) is 3.18.